The molecule has 0 unspecified atom stereocenters. The second kappa shape index (κ2) is 8.25. The van der Waals surface area contributed by atoms with Crippen LogP contribution in [0.4, 0.5) is 0 Å². The van der Waals surface area contributed by atoms with E-state index in [0.717, 1.165) is 18.4 Å². The zero-order chi connectivity index (χ0) is 15.0. The molecule has 4 heteroatoms. The molecule has 0 atom stereocenters. The predicted octanol–water partition coefficient (Wildman–Crippen LogP) is 3.53. The molecule has 0 saturated carbocycles. The van der Waals surface area contributed by atoms with Gasteiger partial charge in [0.1, 0.15) is 0 Å². The van der Waals surface area contributed by atoms with Crippen molar-refractivity contribution in [3.63, 3.8) is 0 Å². The summed E-state index contributed by atoms with van der Waals surface area (Å²) in [4.78, 5) is 11.8. The van der Waals surface area contributed by atoms with Crippen LogP contribution in [0, 0.1) is 0 Å². The van der Waals surface area contributed by atoms with Gasteiger partial charge < -0.3 is 14.2 Å². The fraction of sp³-hybridized carbons (Fsp3) is 0.438. The van der Waals surface area contributed by atoms with Crippen LogP contribution in [0.25, 0.3) is 0 Å². The van der Waals surface area contributed by atoms with E-state index in [4.69, 9.17) is 14.2 Å². The van der Waals surface area contributed by atoms with Gasteiger partial charge in [-0.1, -0.05) is 19.4 Å². The lowest BCUT2D eigenvalue weighted by Crippen LogP contribution is -2.09. The summed E-state index contributed by atoms with van der Waals surface area (Å²) in [5.74, 6) is 1.04. The highest BCUT2D eigenvalue weighted by Gasteiger charge is 2.17. The summed E-state index contributed by atoms with van der Waals surface area (Å²) < 4.78 is 16.0. The molecule has 0 N–H and O–H groups in total. The number of hydrogen-bond donors (Lipinski definition) is 0. The van der Waals surface area contributed by atoms with Crippen molar-refractivity contribution < 1.29 is 19.0 Å². The Kier molecular flexibility index (Phi) is 6.64. The summed E-state index contributed by atoms with van der Waals surface area (Å²) in [5, 5.41) is 0. The minimum absolute atomic E-state index is 0.278. The van der Waals surface area contributed by atoms with Gasteiger partial charge in [0.05, 0.1) is 14.2 Å². The maximum Gasteiger partial charge on any atom is 0.311 e. The third-order valence-corrected chi connectivity index (χ3v) is 2.85. The Morgan fingerprint density at radius 1 is 1.25 bits per heavy atom. The number of unbranched alkanes of at least 4 members (excludes halogenated alkanes) is 1. The lowest BCUT2D eigenvalue weighted by Gasteiger charge is -2.14. The van der Waals surface area contributed by atoms with Crippen molar-refractivity contribution in [2.75, 3.05) is 14.2 Å². The van der Waals surface area contributed by atoms with Gasteiger partial charge in [0, 0.05) is 6.42 Å². The largest absolute Gasteiger partial charge is 0.493 e. The van der Waals surface area contributed by atoms with Gasteiger partial charge in [-0.15, -0.1) is 6.58 Å². The molecule has 0 aliphatic rings. The van der Waals surface area contributed by atoms with E-state index in [9.17, 15) is 4.79 Å². The van der Waals surface area contributed by atoms with Gasteiger partial charge in [0.2, 0.25) is 5.75 Å². The number of carbonyl (C=O) groups is 1. The van der Waals surface area contributed by atoms with Crippen LogP contribution in [0.5, 0.6) is 17.2 Å². The van der Waals surface area contributed by atoms with Crippen LogP contribution in [0.2, 0.25) is 0 Å². The summed E-state index contributed by atoms with van der Waals surface area (Å²) >= 11 is 0. The van der Waals surface area contributed by atoms with Gasteiger partial charge in [-0.25, -0.2) is 0 Å². The smallest absolute Gasteiger partial charge is 0.311 e. The quantitative estimate of drug-likeness (QED) is 0.414. The lowest BCUT2D eigenvalue weighted by molar-refractivity contribution is -0.134. The van der Waals surface area contributed by atoms with E-state index in [1.165, 1.54) is 14.2 Å². The van der Waals surface area contributed by atoms with E-state index in [2.05, 4.69) is 6.58 Å². The molecule has 20 heavy (non-hydrogen) atoms. The maximum atomic E-state index is 11.8. The Labute approximate surface area is 120 Å². The van der Waals surface area contributed by atoms with Crippen molar-refractivity contribution in [1.29, 1.82) is 0 Å². The maximum absolute atomic E-state index is 11.8. The molecule has 0 aliphatic heterocycles. The van der Waals surface area contributed by atoms with Gasteiger partial charge in [0.25, 0.3) is 0 Å². The molecule has 110 valence electrons. The number of esters is 1. The number of benzene rings is 1. The Balaban J connectivity index is 3.03. The minimum atomic E-state index is -0.278. The zero-order valence-corrected chi connectivity index (χ0v) is 12.4. The number of ether oxygens (including phenoxy) is 3. The second-order valence-corrected chi connectivity index (χ2v) is 4.40. The Bertz CT molecular complexity index is 441. The minimum Gasteiger partial charge on any atom is -0.493 e. The van der Waals surface area contributed by atoms with Crippen molar-refractivity contribution in [3.8, 4) is 17.2 Å². The van der Waals surface area contributed by atoms with Crippen LogP contribution in [0.1, 0.15) is 31.7 Å². The molecule has 1 aromatic rings. The highest BCUT2D eigenvalue weighted by Crippen LogP contribution is 2.39. The number of allylic oxidation sites excluding steroid dienone is 1. The Morgan fingerprint density at radius 3 is 2.30 bits per heavy atom. The standard InChI is InChI=1S/C16H22O4/c1-5-7-9-15(17)20-16-13(18-3)10-12(8-6-2)11-14(16)19-4/h6,10-11H,2,5,7-9H2,1,3-4H3. The average molecular weight is 278 g/mol. The van der Waals surface area contributed by atoms with Crippen LogP contribution in [0.15, 0.2) is 24.8 Å². The summed E-state index contributed by atoms with van der Waals surface area (Å²) in [6, 6.07) is 3.65. The van der Waals surface area contributed by atoms with Crippen molar-refractivity contribution in [1.82, 2.24) is 0 Å². The number of methoxy groups -OCH3 is 2. The molecule has 0 spiro atoms. The van der Waals surface area contributed by atoms with E-state index < -0.39 is 0 Å². The predicted molar refractivity (Wildman–Crippen MR) is 78.6 cm³/mol. The van der Waals surface area contributed by atoms with Gasteiger partial charge in [-0.05, 0) is 30.5 Å². The van der Waals surface area contributed by atoms with Gasteiger partial charge in [-0.2, -0.15) is 0 Å². The van der Waals surface area contributed by atoms with Crippen LogP contribution in [0.3, 0.4) is 0 Å². The third kappa shape index (κ3) is 4.30. The molecule has 0 bridgehead atoms. The van der Waals surface area contributed by atoms with E-state index in [1.54, 1.807) is 6.08 Å². The monoisotopic (exact) mass is 278 g/mol. The van der Waals surface area contributed by atoms with E-state index in [1.807, 2.05) is 19.1 Å². The van der Waals surface area contributed by atoms with Crippen molar-refractivity contribution in [2.24, 2.45) is 0 Å². The zero-order valence-electron chi connectivity index (χ0n) is 12.4. The van der Waals surface area contributed by atoms with Crippen LogP contribution >= 0.6 is 0 Å². The van der Waals surface area contributed by atoms with Gasteiger partial charge >= 0.3 is 5.97 Å². The first-order valence-electron chi connectivity index (χ1n) is 6.72. The summed E-state index contributed by atoms with van der Waals surface area (Å²) in [6.45, 7) is 5.73. The molecule has 0 saturated heterocycles. The first-order chi connectivity index (χ1) is 9.65. The van der Waals surface area contributed by atoms with Gasteiger partial charge in [-0.3, -0.25) is 4.79 Å². The van der Waals surface area contributed by atoms with Crippen molar-refractivity contribution >= 4 is 5.97 Å². The lowest BCUT2D eigenvalue weighted by atomic mass is 10.1. The van der Waals surface area contributed by atoms with Crippen LogP contribution in [-0.2, 0) is 11.2 Å². The SMILES string of the molecule is C=CCc1cc(OC)c(OC(=O)CCCC)c(OC)c1. The van der Waals surface area contributed by atoms with Crippen molar-refractivity contribution in [2.45, 2.75) is 32.6 Å². The highest BCUT2D eigenvalue weighted by molar-refractivity contribution is 5.74. The van der Waals surface area contributed by atoms with Crippen LogP contribution < -0.4 is 14.2 Å². The molecule has 0 fully saturated rings. The fourth-order valence-electron chi connectivity index (χ4n) is 1.81. The fourth-order valence-corrected chi connectivity index (χ4v) is 1.81. The molecule has 0 aliphatic carbocycles. The summed E-state index contributed by atoms with van der Waals surface area (Å²) in [7, 11) is 3.08. The normalized spacial score (nSPS) is 9.95. The first-order valence-corrected chi connectivity index (χ1v) is 6.72. The number of rotatable bonds is 8. The summed E-state index contributed by atoms with van der Waals surface area (Å²) in [6.07, 6.45) is 4.62. The molecular formula is C16H22O4. The molecule has 0 heterocycles. The topological polar surface area (TPSA) is 44.8 Å². The Hall–Kier alpha value is -1.97. The number of hydrogen-bond acceptors (Lipinski definition) is 4. The van der Waals surface area contributed by atoms with E-state index in [-0.39, 0.29) is 5.97 Å². The van der Waals surface area contributed by atoms with Gasteiger partial charge in [0.15, 0.2) is 11.5 Å². The molecule has 0 aromatic heterocycles. The first kappa shape index (κ1) is 16.1. The van der Waals surface area contributed by atoms with E-state index >= 15 is 0 Å². The molecule has 1 rings (SSSR count). The van der Waals surface area contributed by atoms with E-state index in [0.29, 0.717) is 30.1 Å². The highest BCUT2D eigenvalue weighted by atomic mass is 16.6. The Morgan fingerprint density at radius 2 is 1.85 bits per heavy atom. The number of carbonyl (C=O) groups excluding carboxylic acids is 1. The summed E-state index contributed by atoms with van der Waals surface area (Å²) in [5.41, 5.74) is 0.988. The molecule has 4 nitrogen and oxygen atoms in total. The second-order valence-electron chi connectivity index (χ2n) is 4.40. The average Bonchev–Trinajstić information content (AvgIpc) is 2.46. The van der Waals surface area contributed by atoms with Crippen LogP contribution in [-0.4, -0.2) is 20.2 Å². The molecule has 0 radical (unpaired) electrons. The molecular weight excluding hydrogens is 256 g/mol. The molecule has 0 amide bonds. The van der Waals surface area contributed by atoms with Crippen molar-refractivity contribution in [3.05, 3.63) is 30.4 Å². The molecule has 1 aromatic carbocycles. The third-order valence-electron chi connectivity index (χ3n) is 2.85.